The Kier molecular flexibility index (Phi) is 4.10. The molecular formula is C13H16N4O3S. The molecular weight excluding hydrogens is 292 g/mol. The van der Waals surface area contributed by atoms with Crippen molar-refractivity contribution in [2.45, 2.75) is 11.8 Å². The topological polar surface area (TPSA) is 93.1 Å². The molecule has 112 valence electrons. The van der Waals surface area contributed by atoms with E-state index in [-0.39, 0.29) is 10.8 Å². The Morgan fingerprint density at radius 3 is 2.33 bits per heavy atom. The molecule has 21 heavy (non-hydrogen) atoms. The highest BCUT2D eigenvalue weighted by Crippen LogP contribution is 2.15. The molecule has 2 N–H and O–H groups in total. The second-order valence-electron chi connectivity index (χ2n) is 4.49. The number of hydrogen-bond acceptors (Lipinski definition) is 4. The molecule has 7 nitrogen and oxygen atoms in total. The van der Waals surface area contributed by atoms with Crippen molar-refractivity contribution in [3.63, 3.8) is 0 Å². The summed E-state index contributed by atoms with van der Waals surface area (Å²) in [5.41, 5.74) is 1.62. The molecule has 0 aliphatic carbocycles. The Bertz CT molecular complexity index is 763. The number of nitrogens with one attached hydrogen (secondary N) is 2. The Morgan fingerprint density at radius 2 is 1.86 bits per heavy atom. The number of sulfonamides is 1. The lowest BCUT2D eigenvalue weighted by molar-refractivity contribution is 0.102. The first kappa shape index (κ1) is 15.2. The van der Waals surface area contributed by atoms with E-state index in [2.05, 4.69) is 15.1 Å². The number of benzene rings is 1. The van der Waals surface area contributed by atoms with Gasteiger partial charge in [-0.3, -0.25) is 9.48 Å². The molecule has 0 radical (unpaired) electrons. The Hall–Kier alpha value is -2.19. The van der Waals surface area contributed by atoms with Gasteiger partial charge in [-0.05, 0) is 38.2 Å². The lowest BCUT2D eigenvalue weighted by atomic mass is 10.2. The minimum Gasteiger partial charge on any atom is -0.322 e. The van der Waals surface area contributed by atoms with Crippen molar-refractivity contribution >= 4 is 21.6 Å². The zero-order chi connectivity index (χ0) is 15.6. The van der Waals surface area contributed by atoms with Gasteiger partial charge in [0.25, 0.3) is 5.91 Å². The van der Waals surface area contributed by atoms with E-state index in [1.807, 2.05) is 0 Å². The summed E-state index contributed by atoms with van der Waals surface area (Å²) in [6.07, 6.45) is 1.63. The van der Waals surface area contributed by atoms with Gasteiger partial charge in [-0.2, -0.15) is 5.10 Å². The third-order valence-corrected chi connectivity index (χ3v) is 4.38. The van der Waals surface area contributed by atoms with Crippen molar-refractivity contribution in [2.75, 3.05) is 12.4 Å². The average molecular weight is 308 g/mol. The van der Waals surface area contributed by atoms with Crippen LogP contribution in [0.25, 0.3) is 0 Å². The van der Waals surface area contributed by atoms with Crippen LogP contribution in [-0.2, 0) is 17.1 Å². The molecule has 0 atom stereocenters. The summed E-state index contributed by atoms with van der Waals surface area (Å²) in [4.78, 5) is 12.2. The molecule has 1 amide bonds. The maximum absolute atomic E-state index is 12.1. The molecule has 2 rings (SSSR count). The molecule has 2 aromatic rings. The SMILES string of the molecule is CNS(=O)(=O)c1ccc(NC(=O)c2cn(C)nc2C)cc1. The quantitative estimate of drug-likeness (QED) is 0.877. The third-order valence-electron chi connectivity index (χ3n) is 2.95. The summed E-state index contributed by atoms with van der Waals surface area (Å²) in [6, 6.07) is 5.93. The fraction of sp³-hybridized carbons (Fsp3) is 0.231. The standard InChI is InChI=1S/C13H16N4O3S/c1-9-12(8-17(3)16-9)13(18)15-10-4-6-11(7-5-10)21(19,20)14-2/h4-8,14H,1-3H3,(H,15,18). The van der Waals surface area contributed by atoms with E-state index in [0.717, 1.165) is 0 Å². The summed E-state index contributed by atoms with van der Waals surface area (Å²) < 4.78 is 27.0. The summed E-state index contributed by atoms with van der Waals surface area (Å²) in [5, 5.41) is 6.80. The lowest BCUT2D eigenvalue weighted by Crippen LogP contribution is -2.18. The zero-order valence-electron chi connectivity index (χ0n) is 11.9. The maximum atomic E-state index is 12.1. The predicted octanol–water partition coefficient (Wildman–Crippen LogP) is 0.889. The lowest BCUT2D eigenvalue weighted by Gasteiger charge is -2.06. The van der Waals surface area contributed by atoms with Crippen LogP contribution < -0.4 is 10.0 Å². The Balaban J connectivity index is 2.18. The minimum absolute atomic E-state index is 0.139. The smallest absolute Gasteiger partial charge is 0.259 e. The zero-order valence-corrected chi connectivity index (χ0v) is 12.7. The highest BCUT2D eigenvalue weighted by atomic mass is 32.2. The van der Waals surface area contributed by atoms with Gasteiger partial charge >= 0.3 is 0 Å². The van der Waals surface area contributed by atoms with Crippen molar-refractivity contribution in [2.24, 2.45) is 7.05 Å². The summed E-state index contributed by atoms with van der Waals surface area (Å²) in [5.74, 6) is -0.287. The highest BCUT2D eigenvalue weighted by Gasteiger charge is 2.14. The van der Waals surface area contributed by atoms with E-state index in [4.69, 9.17) is 0 Å². The number of aryl methyl sites for hydroxylation is 2. The van der Waals surface area contributed by atoms with E-state index >= 15 is 0 Å². The van der Waals surface area contributed by atoms with Gasteiger partial charge in [-0.15, -0.1) is 0 Å². The van der Waals surface area contributed by atoms with E-state index in [0.29, 0.717) is 16.9 Å². The average Bonchev–Trinajstić information content (AvgIpc) is 2.78. The normalized spacial score (nSPS) is 11.4. The van der Waals surface area contributed by atoms with Crippen LogP contribution in [0.1, 0.15) is 16.1 Å². The molecule has 0 aliphatic rings. The van der Waals surface area contributed by atoms with E-state index in [9.17, 15) is 13.2 Å². The molecule has 0 fully saturated rings. The number of rotatable bonds is 4. The molecule has 1 aromatic carbocycles. The van der Waals surface area contributed by atoms with Gasteiger partial charge < -0.3 is 5.32 Å². The number of nitrogens with zero attached hydrogens (tertiary/aromatic N) is 2. The number of anilines is 1. The number of carbonyl (C=O) groups excluding carboxylic acids is 1. The van der Waals surface area contributed by atoms with Crippen molar-refractivity contribution in [3.05, 3.63) is 41.7 Å². The molecule has 0 saturated carbocycles. The first-order chi connectivity index (χ1) is 9.83. The van der Waals surface area contributed by atoms with E-state index in [1.165, 1.54) is 31.3 Å². The fourth-order valence-corrected chi connectivity index (χ4v) is 2.59. The first-order valence-corrected chi connectivity index (χ1v) is 7.67. The Morgan fingerprint density at radius 1 is 1.24 bits per heavy atom. The molecule has 1 aromatic heterocycles. The summed E-state index contributed by atoms with van der Waals surface area (Å²) >= 11 is 0. The highest BCUT2D eigenvalue weighted by molar-refractivity contribution is 7.89. The minimum atomic E-state index is -3.48. The van der Waals surface area contributed by atoms with Crippen LogP contribution in [0.4, 0.5) is 5.69 Å². The van der Waals surface area contributed by atoms with E-state index < -0.39 is 10.0 Å². The molecule has 0 unspecified atom stereocenters. The largest absolute Gasteiger partial charge is 0.322 e. The van der Waals surface area contributed by atoms with Crippen molar-refractivity contribution in [1.29, 1.82) is 0 Å². The summed E-state index contributed by atoms with van der Waals surface area (Å²) in [6.45, 7) is 1.75. The van der Waals surface area contributed by atoms with E-state index in [1.54, 1.807) is 24.9 Å². The van der Waals surface area contributed by atoms with Crippen LogP contribution >= 0.6 is 0 Å². The Labute approximate surface area is 123 Å². The molecule has 0 bridgehead atoms. The number of hydrogen-bond donors (Lipinski definition) is 2. The van der Waals surface area contributed by atoms with Gasteiger partial charge in [-0.25, -0.2) is 13.1 Å². The van der Waals surface area contributed by atoms with Gasteiger partial charge in [0.05, 0.1) is 16.2 Å². The molecule has 0 spiro atoms. The van der Waals surface area contributed by atoms with Crippen LogP contribution in [0.3, 0.4) is 0 Å². The van der Waals surface area contributed by atoms with Gasteiger partial charge in [0, 0.05) is 18.9 Å². The van der Waals surface area contributed by atoms with Gasteiger partial charge in [0.2, 0.25) is 10.0 Å². The van der Waals surface area contributed by atoms with Gasteiger partial charge in [0.15, 0.2) is 0 Å². The number of carbonyl (C=O) groups is 1. The monoisotopic (exact) mass is 308 g/mol. The number of aromatic nitrogens is 2. The first-order valence-electron chi connectivity index (χ1n) is 6.18. The van der Waals surface area contributed by atoms with Crippen LogP contribution in [0.5, 0.6) is 0 Å². The van der Waals surface area contributed by atoms with Gasteiger partial charge in [-0.1, -0.05) is 0 Å². The molecule has 8 heteroatoms. The second kappa shape index (κ2) is 5.66. The van der Waals surface area contributed by atoms with Gasteiger partial charge in [0.1, 0.15) is 0 Å². The van der Waals surface area contributed by atoms with Crippen molar-refractivity contribution in [1.82, 2.24) is 14.5 Å². The molecule has 0 aliphatic heterocycles. The maximum Gasteiger partial charge on any atom is 0.259 e. The van der Waals surface area contributed by atoms with Crippen molar-refractivity contribution < 1.29 is 13.2 Å². The second-order valence-corrected chi connectivity index (χ2v) is 6.37. The molecule has 0 saturated heterocycles. The summed E-state index contributed by atoms with van der Waals surface area (Å²) in [7, 11) is -0.394. The van der Waals surface area contributed by atoms with Crippen LogP contribution in [0.2, 0.25) is 0 Å². The molecule has 1 heterocycles. The van der Waals surface area contributed by atoms with Crippen LogP contribution in [0, 0.1) is 6.92 Å². The fourth-order valence-electron chi connectivity index (χ4n) is 1.86. The third kappa shape index (κ3) is 3.29. The van der Waals surface area contributed by atoms with Crippen molar-refractivity contribution in [3.8, 4) is 0 Å². The van der Waals surface area contributed by atoms with Crippen LogP contribution in [-0.4, -0.2) is 31.2 Å². The number of amides is 1. The predicted molar refractivity (Wildman–Crippen MR) is 78.6 cm³/mol. The van der Waals surface area contributed by atoms with Crippen LogP contribution in [0.15, 0.2) is 35.4 Å².